The third-order valence-electron chi connectivity index (χ3n) is 2.84. The molecule has 1 aromatic rings. The minimum Gasteiger partial charge on any atom is -0.389 e. The quantitative estimate of drug-likeness (QED) is 0.753. The van der Waals surface area contributed by atoms with Crippen molar-refractivity contribution in [3.05, 3.63) is 23.9 Å². The summed E-state index contributed by atoms with van der Waals surface area (Å²) in [5, 5.41) is 2.14. The third-order valence-corrected chi connectivity index (χ3v) is 3.06. The van der Waals surface area contributed by atoms with Crippen LogP contribution < -0.4 is 11.2 Å². The van der Waals surface area contributed by atoms with Crippen molar-refractivity contribution in [3.8, 4) is 0 Å². The molecule has 0 amide bonds. The predicted octanol–water partition coefficient (Wildman–Crippen LogP) is 0.290. The fourth-order valence-corrected chi connectivity index (χ4v) is 1.93. The Kier molecular flexibility index (Phi) is 3.88. The van der Waals surface area contributed by atoms with Gasteiger partial charge in [0, 0.05) is 32.4 Å². The van der Waals surface area contributed by atoms with Crippen molar-refractivity contribution in [3.63, 3.8) is 0 Å². The Morgan fingerprint density at radius 1 is 1.41 bits per heavy atom. The van der Waals surface area contributed by atoms with Gasteiger partial charge in [0.1, 0.15) is 4.99 Å². The molecule has 1 fully saturated rings. The summed E-state index contributed by atoms with van der Waals surface area (Å²) in [6.45, 7) is 4.01. The Bertz CT molecular complexity index is 401. The van der Waals surface area contributed by atoms with Crippen molar-refractivity contribution in [2.24, 2.45) is 5.73 Å². The number of nitrogens with two attached hydrogens (primary N) is 1. The van der Waals surface area contributed by atoms with Crippen LogP contribution in [-0.4, -0.2) is 53.1 Å². The molecular weight excluding hydrogens is 234 g/mol. The summed E-state index contributed by atoms with van der Waals surface area (Å²) in [6, 6.07) is 3.72. The van der Waals surface area contributed by atoms with Gasteiger partial charge in [-0.3, -0.25) is 0 Å². The zero-order valence-electron chi connectivity index (χ0n) is 9.89. The first-order valence-electron chi connectivity index (χ1n) is 5.62. The van der Waals surface area contributed by atoms with Crippen molar-refractivity contribution < 1.29 is 0 Å². The van der Waals surface area contributed by atoms with Gasteiger partial charge in [0.05, 0.1) is 5.56 Å². The van der Waals surface area contributed by atoms with Crippen molar-refractivity contribution in [2.75, 3.05) is 38.7 Å². The minimum atomic E-state index is 0.370. The second-order valence-corrected chi connectivity index (χ2v) is 4.61. The van der Waals surface area contributed by atoms with Crippen LogP contribution in [0.25, 0.3) is 0 Å². The van der Waals surface area contributed by atoms with E-state index in [2.05, 4.69) is 27.4 Å². The Labute approximate surface area is 107 Å². The smallest absolute Gasteiger partial charge is 0.150 e. The largest absolute Gasteiger partial charge is 0.389 e. The van der Waals surface area contributed by atoms with Crippen LogP contribution in [0, 0.1) is 0 Å². The number of nitrogens with zero attached hydrogens (tertiary/aromatic N) is 3. The standard InChI is InChI=1S/C11H17N5S/c1-15-5-7-16(8-6-15)14-11-9(10(12)17)3-2-4-13-11/h2-4H,5-8H2,1H3,(H2,12,17)(H,13,14). The highest BCUT2D eigenvalue weighted by Crippen LogP contribution is 2.12. The summed E-state index contributed by atoms with van der Waals surface area (Å²) < 4.78 is 0. The molecule has 3 N–H and O–H groups in total. The number of aromatic nitrogens is 1. The summed E-state index contributed by atoms with van der Waals surface area (Å²) in [4.78, 5) is 6.95. The van der Waals surface area contributed by atoms with E-state index in [1.165, 1.54) is 0 Å². The Balaban J connectivity index is 2.05. The van der Waals surface area contributed by atoms with Gasteiger partial charge in [0.2, 0.25) is 0 Å². The highest BCUT2D eigenvalue weighted by molar-refractivity contribution is 7.80. The van der Waals surface area contributed by atoms with Crippen molar-refractivity contribution in [1.82, 2.24) is 14.9 Å². The number of rotatable bonds is 3. The van der Waals surface area contributed by atoms with E-state index in [9.17, 15) is 0 Å². The number of hydrazine groups is 1. The van der Waals surface area contributed by atoms with E-state index in [4.69, 9.17) is 18.0 Å². The normalized spacial score (nSPS) is 17.9. The van der Waals surface area contributed by atoms with Crippen molar-refractivity contribution in [1.29, 1.82) is 0 Å². The van der Waals surface area contributed by atoms with Crippen LogP contribution >= 0.6 is 12.2 Å². The first-order valence-corrected chi connectivity index (χ1v) is 6.02. The molecule has 2 heterocycles. The minimum absolute atomic E-state index is 0.370. The van der Waals surface area contributed by atoms with Gasteiger partial charge in [0.15, 0.2) is 5.82 Å². The SMILES string of the molecule is CN1CCN(Nc2ncccc2C(N)=S)CC1. The summed E-state index contributed by atoms with van der Waals surface area (Å²) >= 11 is 5.01. The molecule has 1 aliphatic rings. The van der Waals surface area contributed by atoms with Crippen LogP contribution in [0.5, 0.6) is 0 Å². The molecule has 2 rings (SSSR count). The summed E-state index contributed by atoms with van der Waals surface area (Å²) in [5.41, 5.74) is 9.74. The molecule has 1 aliphatic heterocycles. The maximum absolute atomic E-state index is 5.67. The molecule has 0 radical (unpaired) electrons. The molecule has 0 unspecified atom stereocenters. The molecule has 1 saturated heterocycles. The summed E-state index contributed by atoms with van der Waals surface area (Å²) in [5.74, 6) is 0.740. The second kappa shape index (κ2) is 5.39. The van der Waals surface area contributed by atoms with Gasteiger partial charge in [0.25, 0.3) is 0 Å². The number of hydrogen-bond acceptors (Lipinski definition) is 5. The van der Waals surface area contributed by atoms with E-state index < -0.39 is 0 Å². The fourth-order valence-electron chi connectivity index (χ4n) is 1.76. The lowest BCUT2D eigenvalue weighted by Crippen LogP contribution is -2.47. The zero-order valence-corrected chi connectivity index (χ0v) is 10.7. The van der Waals surface area contributed by atoms with Crippen LogP contribution in [0.2, 0.25) is 0 Å². The first-order chi connectivity index (χ1) is 8.16. The van der Waals surface area contributed by atoms with Gasteiger partial charge in [-0.2, -0.15) is 0 Å². The van der Waals surface area contributed by atoms with Crippen LogP contribution in [0.3, 0.4) is 0 Å². The van der Waals surface area contributed by atoms with Crippen LogP contribution in [-0.2, 0) is 0 Å². The van der Waals surface area contributed by atoms with E-state index in [1.54, 1.807) is 6.20 Å². The number of piperazine rings is 1. The highest BCUT2D eigenvalue weighted by Gasteiger charge is 2.15. The molecule has 0 aliphatic carbocycles. The van der Waals surface area contributed by atoms with E-state index in [0.717, 1.165) is 37.6 Å². The summed E-state index contributed by atoms with van der Waals surface area (Å²) in [7, 11) is 2.12. The first kappa shape index (κ1) is 12.2. The maximum Gasteiger partial charge on any atom is 0.150 e. The second-order valence-electron chi connectivity index (χ2n) is 4.17. The van der Waals surface area contributed by atoms with E-state index in [0.29, 0.717) is 4.99 Å². The molecule has 6 heteroatoms. The van der Waals surface area contributed by atoms with Crippen molar-refractivity contribution in [2.45, 2.75) is 0 Å². The molecule has 17 heavy (non-hydrogen) atoms. The Morgan fingerprint density at radius 2 is 2.12 bits per heavy atom. The summed E-state index contributed by atoms with van der Waals surface area (Å²) in [6.07, 6.45) is 1.74. The monoisotopic (exact) mass is 251 g/mol. The third kappa shape index (κ3) is 3.12. The maximum atomic E-state index is 5.67. The van der Waals surface area contributed by atoms with Gasteiger partial charge >= 0.3 is 0 Å². The lowest BCUT2D eigenvalue weighted by molar-refractivity contribution is 0.178. The average molecular weight is 251 g/mol. The lowest BCUT2D eigenvalue weighted by Gasteiger charge is -2.33. The fraction of sp³-hybridized carbons (Fsp3) is 0.455. The Morgan fingerprint density at radius 3 is 2.76 bits per heavy atom. The van der Waals surface area contributed by atoms with E-state index in [1.807, 2.05) is 12.1 Å². The Hall–Kier alpha value is -1.24. The number of nitrogens with one attached hydrogen (secondary N) is 1. The number of anilines is 1. The molecule has 0 saturated carbocycles. The molecule has 0 atom stereocenters. The molecule has 0 bridgehead atoms. The number of thiocarbonyl (C=S) groups is 1. The molecule has 92 valence electrons. The number of pyridine rings is 1. The van der Waals surface area contributed by atoms with Gasteiger partial charge in [-0.05, 0) is 19.2 Å². The molecule has 0 spiro atoms. The van der Waals surface area contributed by atoms with E-state index in [-0.39, 0.29) is 0 Å². The number of hydrogen-bond donors (Lipinski definition) is 2. The van der Waals surface area contributed by atoms with Gasteiger partial charge in [-0.1, -0.05) is 12.2 Å². The zero-order chi connectivity index (χ0) is 12.3. The topological polar surface area (TPSA) is 57.4 Å². The average Bonchev–Trinajstić information content (AvgIpc) is 2.32. The number of likely N-dealkylation sites (N-methyl/N-ethyl adjacent to an activating group) is 1. The predicted molar refractivity (Wildman–Crippen MR) is 72.8 cm³/mol. The molecule has 0 aromatic carbocycles. The molecule has 5 nitrogen and oxygen atoms in total. The van der Waals surface area contributed by atoms with E-state index >= 15 is 0 Å². The molecular formula is C11H17N5S. The van der Waals surface area contributed by atoms with Gasteiger partial charge in [-0.15, -0.1) is 0 Å². The lowest BCUT2D eigenvalue weighted by atomic mass is 10.2. The van der Waals surface area contributed by atoms with Gasteiger partial charge in [-0.25, -0.2) is 9.99 Å². The molecule has 1 aromatic heterocycles. The van der Waals surface area contributed by atoms with Crippen LogP contribution in [0.15, 0.2) is 18.3 Å². The van der Waals surface area contributed by atoms with Crippen LogP contribution in [0.4, 0.5) is 5.82 Å². The van der Waals surface area contributed by atoms with Gasteiger partial charge < -0.3 is 16.1 Å². The van der Waals surface area contributed by atoms with Crippen molar-refractivity contribution >= 4 is 23.0 Å². The van der Waals surface area contributed by atoms with Crippen LogP contribution in [0.1, 0.15) is 5.56 Å². The highest BCUT2D eigenvalue weighted by atomic mass is 32.1.